The van der Waals surface area contributed by atoms with Crippen LogP contribution >= 0.6 is 0 Å². The lowest BCUT2D eigenvalue weighted by atomic mass is 9.84. The van der Waals surface area contributed by atoms with Crippen LogP contribution in [0.5, 0.6) is 0 Å². The third kappa shape index (κ3) is 2.28. The summed E-state index contributed by atoms with van der Waals surface area (Å²) in [5, 5.41) is 0. The molecule has 4 heteroatoms. The summed E-state index contributed by atoms with van der Waals surface area (Å²) in [5.74, 6) is -2.24. The standard InChI is InChI=1S/C15H15F3O/c16-12-7-14(18)13(17)6-11(12)15(19)5-10-4-8-1-2-9(10)3-8/h6-10H,1-5H2. The second-order valence-electron chi connectivity index (χ2n) is 5.81. The fraction of sp³-hybridized carbons (Fsp3) is 0.533. The normalized spacial score (nSPS) is 28.9. The molecule has 2 saturated carbocycles. The highest BCUT2D eigenvalue weighted by Crippen LogP contribution is 2.49. The number of Topliss-reactive ketones (excluding diaryl/α,β-unsaturated/α-hetero) is 1. The van der Waals surface area contributed by atoms with Crippen molar-refractivity contribution >= 4 is 5.78 Å². The SMILES string of the molecule is O=C(CC1CC2CCC1C2)c1cc(F)c(F)cc1F. The summed E-state index contributed by atoms with van der Waals surface area (Å²) < 4.78 is 39.4. The number of halogens is 3. The topological polar surface area (TPSA) is 17.1 Å². The molecule has 0 aliphatic heterocycles. The Bertz CT molecular complexity index is 526. The Hall–Kier alpha value is -1.32. The van der Waals surface area contributed by atoms with E-state index in [1.807, 2.05) is 0 Å². The molecule has 1 aromatic rings. The highest BCUT2D eigenvalue weighted by Gasteiger charge is 2.40. The van der Waals surface area contributed by atoms with Crippen LogP contribution in [0.1, 0.15) is 42.5 Å². The van der Waals surface area contributed by atoms with Gasteiger partial charge in [0, 0.05) is 12.5 Å². The molecule has 19 heavy (non-hydrogen) atoms. The van der Waals surface area contributed by atoms with Crippen molar-refractivity contribution in [2.45, 2.75) is 32.1 Å². The lowest BCUT2D eigenvalue weighted by Crippen LogP contribution is -2.16. The zero-order valence-corrected chi connectivity index (χ0v) is 10.5. The molecule has 1 nitrogen and oxygen atoms in total. The van der Waals surface area contributed by atoms with Gasteiger partial charge in [0.2, 0.25) is 0 Å². The van der Waals surface area contributed by atoms with E-state index in [9.17, 15) is 18.0 Å². The van der Waals surface area contributed by atoms with Crippen LogP contribution in [0.4, 0.5) is 13.2 Å². The minimum atomic E-state index is -1.26. The van der Waals surface area contributed by atoms with Crippen molar-refractivity contribution in [1.82, 2.24) is 0 Å². The van der Waals surface area contributed by atoms with Gasteiger partial charge < -0.3 is 0 Å². The lowest BCUT2D eigenvalue weighted by molar-refractivity contribution is 0.0939. The predicted octanol–water partition coefficient (Wildman–Crippen LogP) is 4.11. The van der Waals surface area contributed by atoms with Gasteiger partial charge in [0.15, 0.2) is 17.4 Å². The Kier molecular flexibility index (Phi) is 3.11. The summed E-state index contributed by atoms with van der Waals surface area (Å²) >= 11 is 0. The van der Waals surface area contributed by atoms with Crippen molar-refractivity contribution in [3.8, 4) is 0 Å². The molecule has 0 heterocycles. The first-order valence-electron chi connectivity index (χ1n) is 6.72. The van der Waals surface area contributed by atoms with Gasteiger partial charge in [0.05, 0.1) is 5.56 Å². The highest BCUT2D eigenvalue weighted by atomic mass is 19.2. The number of carbonyl (C=O) groups excluding carboxylic acids is 1. The van der Waals surface area contributed by atoms with E-state index in [4.69, 9.17) is 0 Å². The maximum atomic E-state index is 13.5. The van der Waals surface area contributed by atoms with Crippen LogP contribution in [-0.2, 0) is 0 Å². The Morgan fingerprint density at radius 1 is 1.05 bits per heavy atom. The van der Waals surface area contributed by atoms with E-state index < -0.39 is 23.2 Å². The van der Waals surface area contributed by atoms with Crippen molar-refractivity contribution in [2.24, 2.45) is 17.8 Å². The third-order valence-electron chi connectivity index (χ3n) is 4.64. The molecule has 2 fully saturated rings. The van der Waals surface area contributed by atoms with Gasteiger partial charge in [-0.2, -0.15) is 0 Å². The van der Waals surface area contributed by atoms with Crippen LogP contribution in [-0.4, -0.2) is 5.78 Å². The Morgan fingerprint density at radius 3 is 2.42 bits per heavy atom. The molecule has 0 radical (unpaired) electrons. The van der Waals surface area contributed by atoms with Crippen molar-refractivity contribution in [3.63, 3.8) is 0 Å². The molecule has 0 spiro atoms. The molecule has 102 valence electrons. The zero-order chi connectivity index (χ0) is 13.6. The number of fused-ring (bicyclic) bond motifs is 2. The number of rotatable bonds is 3. The van der Waals surface area contributed by atoms with Gasteiger partial charge in [-0.25, -0.2) is 13.2 Å². The first kappa shape index (κ1) is 12.7. The molecule has 0 N–H and O–H groups in total. The van der Waals surface area contributed by atoms with Gasteiger partial charge in [0.1, 0.15) is 5.82 Å². The van der Waals surface area contributed by atoms with Crippen molar-refractivity contribution in [1.29, 1.82) is 0 Å². The second kappa shape index (κ2) is 4.66. The van der Waals surface area contributed by atoms with Crippen LogP contribution in [0, 0.1) is 35.2 Å². The number of hydrogen-bond donors (Lipinski definition) is 0. The number of benzene rings is 1. The Balaban J connectivity index is 1.75. The zero-order valence-electron chi connectivity index (χ0n) is 10.5. The van der Waals surface area contributed by atoms with Crippen LogP contribution in [0.15, 0.2) is 12.1 Å². The monoisotopic (exact) mass is 268 g/mol. The maximum Gasteiger partial charge on any atom is 0.166 e. The first-order valence-corrected chi connectivity index (χ1v) is 6.72. The molecule has 2 aliphatic rings. The quantitative estimate of drug-likeness (QED) is 0.595. The minimum absolute atomic E-state index is 0.253. The van der Waals surface area contributed by atoms with E-state index in [1.54, 1.807) is 0 Å². The van der Waals surface area contributed by atoms with Crippen LogP contribution in [0.25, 0.3) is 0 Å². The Morgan fingerprint density at radius 2 is 1.79 bits per heavy atom. The second-order valence-corrected chi connectivity index (χ2v) is 5.81. The number of ketones is 1. The molecule has 0 saturated heterocycles. The van der Waals surface area contributed by atoms with Crippen molar-refractivity contribution in [3.05, 3.63) is 35.1 Å². The summed E-state index contributed by atoms with van der Waals surface area (Å²) in [7, 11) is 0. The van der Waals surface area contributed by atoms with E-state index in [0.717, 1.165) is 19.3 Å². The van der Waals surface area contributed by atoms with Crippen LogP contribution in [0.3, 0.4) is 0 Å². The van der Waals surface area contributed by atoms with Gasteiger partial charge in [-0.1, -0.05) is 6.42 Å². The minimum Gasteiger partial charge on any atom is -0.294 e. The fourth-order valence-corrected chi connectivity index (χ4v) is 3.71. The highest BCUT2D eigenvalue weighted by molar-refractivity contribution is 5.96. The van der Waals surface area contributed by atoms with Crippen LogP contribution < -0.4 is 0 Å². The van der Waals surface area contributed by atoms with E-state index in [1.165, 1.54) is 6.42 Å². The van der Waals surface area contributed by atoms with Crippen molar-refractivity contribution in [2.75, 3.05) is 0 Å². The van der Waals surface area contributed by atoms with Crippen molar-refractivity contribution < 1.29 is 18.0 Å². The molecule has 0 aromatic heterocycles. The summed E-state index contributed by atoms with van der Waals surface area (Å²) in [4.78, 5) is 12.0. The third-order valence-corrected chi connectivity index (χ3v) is 4.64. The molecule has 3 unspecified atom stereocenters. The molecular formula is C15H15F3O. The first-order chi connectivity index (χ1) is 9.04. The molecule has 3 atom stereocenters. The fourth-order valence-electron chi connectivity index (χ4n) is 3.71. The van der Waals surface area contributed by atoms with E-state index in [2.05, 4.69) is 0 Å². The van der Waals surface area contributed by atoms with Crippen LogP contribution in [0.2, 0.25) is 0 Å². The average Bonchev–Trinajstić information content (AvgIpc) is 2.95. The maximum absolute atomic E-state index is 13.5. The predicted molar refractivity (Wildman–Crippen MR) is 64.2 cm³/mol. The summed E-state index contributed by atoms with van der Waals surface area (Å²) in [5.41, 5.74) is -0.318. The lowest BCUT2D eigenvalue weighted by Gasteiger charge is -2.20. The molecule has 0 amide bonds. The van der Waals surface area contributed by atoms with E-state index in [-0.39, 0.29) is 12.0 Å². The van der Waals surface area contributed by atoms with Gasteiger partial charge in [-0.3, -0.25) is 4.79 Å². The molecule has 1 aromatic carbocycles. The average molecular weight is 268 g/mol. The summed E-state index contributed by atoms with van der Waals surface area (Å²) in [6.07, 6.45) is 4.81. The number of hydrogen-bond acceptors (Lipinski definition) is 1. The molecular weight excluding hydrogens is 253 g/mol. The largest absolute Gasteiger partial charge is 0.294 e. The molecule has 3 rings (SSSR count). The Labute approximate surface area is 109 Å². The van der Waals surface area contributed by atoms with Gasteiger partial charge in [-0.05, 0) is 43.1 Å². The molecule has 2 aliphatic carbocycles. The van der Waals surface area contributed by atoms with Gasteiger partial charge >= 0.3 is 0 Å². The van der Waals surface area contributed by atoms with E-state index >= 15 is 0 Å². The summed E-state index contributed by atoms with van der Waals surface area (Å²) in [6, 6.07) is 1.13. The van der Waals surface area contributed by atoms with E-state index in [0.29, 0.717) is 29.9 Å². The van der Waals surface area contributed by atoms with Gasteiger partial charge in [-0.15, -0.1) is 0 Å². The molecule has 2 bridgehead atoms. The smallest absolute Gasteiger partial charge is 0.166 e. The number of carbonyl (C=O) groups is 1. The van der Waals surface area contributed by atoms with Gasteiger partial charge in [0.25, 0.3) is 0 Å². The summed E-state index contributed by atoms with van der Waals surface area (Å²) in [6.45, 7) is 0.